The third-order valence-electron chi connectivity index (χ3n) is 3.99. The minimum atomic E-state index is -1.37. The van der Waals surface area contributed by atoms with Gasteiger partial charge in [-0.15, -0.1) is 0 Å². The lowest BCUT2D eigenvalue weighted by Crippen LogP contribution is -2.58. The van der Waals surface area contributed by atoms with Gasteiger partial charge in [0, 0.05) is 16.8 Å². The summed E-state index contributed by atoms with van der Waals surface area (Å²) in [5.74, 6) is -3.48. The Hall–Kier alpha value is -3.52. The second-order valence-corrected chi connectivity index (χ2v) is 6.44. The van der Waals surface area contributed by atoms with Crippen molar-refractivity contribution in [3.63, 3.8) is 0 Å². The zero-order chi connectivity index (χ0) is 20.3. The first-order valence-electron chi connectivity index (χ1n) is 8.21. The molecule has 28 heavy (non-hydrogen) atoms. The lowest BCUT2D eigenvalue weighted by Gasteiger charge is -2.28. The number of hydrogen-bond acceptors (Lipinski definition) is 5. The van der Waals surface area contributed by atoms with Crippen molar-refractivity contribution in [2.45, 2.75) is 6.92 Å². The van der Waals surface area contributed by atoms with Crippen molar-refractivity contribution in [3.8, 4) is 0 Å². The van der Waals surface area contributed by atoms with E-state index in [2.05, 4.69) is 15.8 Å². The fourth-order valence-electron chi connectivity index (χ4n) is 2.50. The third-order valence-corrected chi connectivity index (χ3v) is 4.24. The van der Waals surface area contributed by atoms with Crippen LogP contribution in [0.15, 0.2) is 53.6 Å². The molecule has 0 spiro atoms. The number of rotatable bonds is 4. The summed E-state index contributed by atoms with van der Waals surface area (Å²) in [5.41, 5.74) is 3.88. The van der Waals surface area contributed by atoms with Crippen LogP contribution in [0.5, 0.6) is 0 Å². The number of hydrazone groups is 1. The van der Waals surface area contributed by atoms with Gasteiger partial charge in [0.2, 0.25) is 5.91 Å². The van der Waals surface area contributed by atoms with E-state index in [0.29, 0.717) is 10.6 Å². The van der Waals surface area contributed by atoms with Gasteiger partial charge in [0.1, 0.15) is 0 Å². The van der Waals surface area contributed by atoms with Crippen LogP contribution >= 0.6 is 11.6 Å². The molecule has 0 aromatic heterocycles. The van der Waals surface area contributed by atoms with Crippen molar-refractivity contribution in [2.75, 3.05) is 4.90 Å². The maximum Gasteiger partial charge on any atom is 0.335 e. The minimum Gasteiger partial charge on any atom is -0.276 e. The quantitative estimate of drug-likeness (QED) is 0.467. The molecule has 3 rings (SSSR count). The van der Waals surface area contributed by atoms with Gasteiger partial charge in [0.15, 0.2) is 5.92 Å². The zero-order valence-corrected chi connectivity index (χ0v) is 15.4. The third kappa shape index (κ3) is 4.07. The van der Waals surface area contributed by atoms with Gasteiger partial charge in [-0.25, -0.2) is 15.1 Å². The first-order chi connectivity index (χ1) is 13.4. The fourth-order valence-corrected chi connectivity index (χ4v) is 2.62. The topological polar surface area (TPSA) is 108 Å². The van der Waals surface area contributed by atoms with Crippen LogP contribution in [0.4, 0.5) is 10.5 Å². The van der Waals surface area contributed by atoms with Crippen LogP contribution in [0.1, 0.15) is 15.9 Å². The number of amides is 5. The number of urea groups is 1. The average Bonchev–Trinajstić information content (AvgIpc) is 2.66. The Kier molecular flexibility index (Phi) is 5.51. The first kappa shape index (κ1) is 19.2. The normalized spacial score (nSPS) is 17.0. The number of nitrogens with zero attached hydrogens (tertiary/aromatic N) is 2. The highest BCUT2D eigenvalue weighted by Crippen LogP contribution is 2.22. The summed E-state index contributed by atoms with van der Waals surface area (Å²) in [6.45, 7) is 1.89. The molecule has 1 aliphatic heterocycles. The molecular formula is C19H15ClN4O4. The summed E-state index contributed by atoms with van der Waals surface area (Å²) in [6.07, 6.45) is 0.985. The molecule has 1 atom stereocenters. The zero-order valence-electron chi connectivity index (χ0n) is 14.7. The van der Waals surface area contributed by atoms with Crippen LogP contribution in [0.25, 0.3) is 0 Å². The number of nitrogens with one attached hydrogen (secondary N) is 2. The van der Waals surface area contributed by atoms with Gasteiger partial charge in [0.05, 0.1) is 5.69 Å². The molecule has 5 amide bonds. The number of anilines is 1. The molecule has 9 heteroatoms. The largest absolute Gasteiger partial charge is 0.335 e. The second kappa shape index (κ2) is 8.01. The molecule has 1 heterocycles. The molecule has 2 N–H and O–H groups in total. The maximum atomic E-state index is 12.6. The number of carbonyl (C=O) groups is 4. The molecule has 0 bridgehead atoms. The van der Waals surface area contributed by atoms with E-state index in [0.717, 1.165) is 16.7 Å². The van der Waals surface area contributed by atoms with E-state index in [1.165, 1.54) is 24.3 Å². The number of halogens is 1. The summed E-state index contributed by atoms with van der Waals surface area (Å²) in [7, 11) is 0. The minimum absolute atomic E-state index is 0.251. The van der Waals surface area contributed by atoms with E-state index in [9.17, 15) is 19.2 Å². The van der Waals surface area contributed by atoms with E-state index < -0.39 is 29.7 Å². The molecule has 2 aromatic carbocycles. The van der Waals surface area contributed by atoms with E-state index in [1.807, 2.05) is 6.92 Å². The van der Waals surface area contributed by atoms with Crippen molar-refractivity contribution in [1.29, 1.82) is 0 Å². The van der Waals surface area contributed by atoms with Gasteiger partial charge >= 0.3 is 6.03 Å². The number of benzene rings is 2. The van der Waals surface area contributed by atoms with Gasteiger partial charge in [-0.2, -0.15) is 5.10 Å². The Morgan fingerprint density at radius 3 is 2.39 bits per heavy atom. The number of hydrogen-bond donors (Lipinski definition) is 2. The lowest BCUT2D eigenvalue weighted by atomic mass is 10.1. The number of imide groups is 2. The standard InChI is InChI=1S/C19H15ClN4O4/c1-11-2-4-12(5-3-11)16(25)23-21-10-15-17(26)22-19(28)24(18(15)27)14-8-6-13(20)7-9-14/h2-10,15H,1H3,(H,23,25)(H,22,26,28). The summed E-state index contributed by atoms with van der Waals surface area (Å²) >= 11 is 5.81. The molecular weight excluding hydrogens is 384 g/mol. The highest BCUT2D eigenvalue weighted by Gasteiger charge is 2.40. The fraction of sp³-hybridized carbons (Fsp3) is 0.105. The van der Waals surface area contributed by atoms with E-state index in [1.54, 1.807) is 24.3 Å². The molecule has 0 saturated carbocycles. The summed E-state index contributed by atoms with van der Waals surface area (Å²) in [6, 6.07) is 11.9. The highest BCUT2D eigenvalue weighted by molar-refractivity contribution is 6.33. The lowest BCUT2D eigenvalue weighted by molar-refractivity contribution is -0.131. The summed E-state index contributed by atoms with van der Waals surface area (Å²) in [4.78, 5) is 49.6. The summed E-state index contributed by atoms with van der Waals surface area (Å²) < 4.78 is 0. The molecule has 2 aromatic rings. The monoisotopic (exact) mass is 398 g/mol. The van der Waals surface area contributed by atoms with Crippen molar-refractivity contribution < 1.29 is 19.2 Å². The van der Waals surface area contributed by atoms with Crippen molar-refractivity contribution in [1.82, 2.24) is 10.7 Å². The summed E-state index contributed by atoms with van der Waals surface area (Å²) in [5, 5.41) is 6.22. The smallest absolute Gasteiger partial charge is 0.276 e. The Morgan fingerprint density at radius 1 is 1.11 bits per heavy atom. The van der Waals surface area contributed by atoms with E-state index in [-0.39, 0.29) is 5.69 Å². The van der Waals surface area contributed by atoms with E-state index in [4.69, 9.17) is 11.6 Å². The molecule has 142 valence electrons. The SMILES string of the molecule is Cc1ccc(C(=O)NN=CC2C(=O)NC(=O)N(c3ccc(Cl)cc3)C2=O)cc1. The van der Waals surface area contributed by atoms with Gasteiger partial charge in [0.25, 0.3) is 11.8 Å². The molecule has 1 aliphatic rings. The molecule has 0 aliphatic carbocycles. The predicted octanol–water partition coefficient (Wildman–Crippen LogP) is 2.26. The van der Waals surface area contributed by atoms with Gasteiger partial charge in [-0.3, -0.25) is 19.7 Å². The molecule has 1 saturated heterocycles. The number of carbonyl (C=O) groups excluding carboxylic acids is 4. The van der Waals surface area contributed by atoms with Crippen LogP contribution < -0.4 is 15.6 Å². The Morgan fingerprint density at radius 2 is 1.75 bits per heavy atom. The molecule has 1 fully saturated rings. The molecule has 8 nitrogen and oxygen atoms in total. The average molecular weight is 399 g/mol. The van der Waals surface area contributed by atoms with Crippen LogP contribution in [0.2, 0.25) is 5.02 Å². The Balaban J connectivity index is 1.74. The Bertz CT molecular complexity index is 970. The number of aryl methyl sites for hydroxylation is 1. The van der Waals surface area contributed by atoms with Crippen LogP contribution in [0, 0.1) is 12.8 Å². The van der Waals surface area contributed by atoms with Gasteiger partial charge < -0.3 is 0 Å². The van der Waals surface area contributed by atoms with E-state index >= 15 is 0 Å². The van der Waals surface area contributed by atoms with Crippen LogP contribution in [-0.4, -0.2) is 30.0 Å². The van der Waals surface area contributed by atoms with Crippen molar-refractivity contribution in [3.05, 3.63) is 64.7 Å². The van der Waals surface area contributed by atoms with Crippen molar-refractivity contribution >= 4 is 47.3 Å². The second-order valence-electron chi connectivity index (χ2n) is 6.01. The predicted molar refractivity (Wildman–Crippen MR) is 103 cm³/mol. The first-order valence-corrected chi connectivity index (χ1v) is 8.59. The Labute approximate surface area is 165 Å². The van der Waals surface area contributed by atoms with Gasteiger partial charge in [-0.1, -0.05) is 29.3 Å². The molecule has 1 unspecified atom stereocenters. The van der Waals surface area contributed by atoms with Gasteiger partial charge in [-0.05, 0) is 43.3 Å². The highest BCUT2D eigenvalue weighted by atomic mass is 35.5. The van der Waals surface area contributed by atoms with Crippen LogP contribution in [-0.2, 0) is 9.59 Å². The number of barbiturate groups is 1. The van der Waals surface area contributed by atoms with Crippen LogP contribution in [0.3, 0.4) is 0 Å². The maximum absolute atomic E-state index is 12.6. The van der Waals surface area contributed by atoms with Crippen molar-refractivity contribution in [2.24, 2.45) is 11.0 Å². The molecule has 0 radical (unpaired) electrons.